The lowest BCUT2D eigenvalue weighted by Gasteiger charge is -2.53. The average Bonchev–Trinajstić information content (AvgIpc) is 0.743. The first-order valence-electron chi connectivity index (χ1n) is 48.1. The number of carboxylic acid groups (broad SMARTS) is 2. The SMILES string of the molecule is CCCCCCCCCCCCC/C=C/[C@@H](O)[C@H](CO[C@@H]1OC(CO)[C@@H](O[C@@H]2OC(CO)[C@H](O[C@@H]3OC(CO)[C@H](O)[C@H](O[C@@H]4OC(CO)[C@H](O)[C@H](O[C@]5(C(=O)O)CC(O)[C@@H](NC(C)=O)C([C@H](O)[C@H](O)COC(C)=O)O5)C4O)C3NC(C)=O)[C@H](O[C@]3(C(=O)O)CC(O)[C@@H](NC(C)=O)C([C@H](O)[C@H](O)CO)O3)C2O)[C@H](O)C1O)NC(=O)CCCCCCCCCCCCCCCCCCCCC. The molecule has 778 valence electrons. The summed E-state index contributed by atoms with van der Waals surface area (Å²) in [6, 6.07) is -7.00. The van der Waals surface area contributed by atoms with E-state index in [-0.39, 0.29) is 6.42 Å². The maximum Gasteiger partial charge on any atom is 0.364 e. The second-order valence-corrected chi connectivity index (χ2v) is 36.3. The number of aliphatic hydroxyl groups excluding tert-OH is 18. The van der Waals surface area contributed by atoms with E-state index in [0.717, 1.165) is 91.9 Å². The predicted molar refractivity (Wildman–Crippen MR) is 468 cm³/mol. The molecule has 6 fully saturated rings. The highest BCUT2D eigenvalue weighted by atomic mass is 16.8. The van der Waals surface area contributed by atoms with Gasteiger partial charge < -0.3 is 185 Å². The van der Waals surface area contributed by atoms with E-state index in [4.69, 9.17) is 61.6 Å². The summed E-state index contributed by atoms with van der Waals surface area (Å²) in [5.74, 6) is -15.6. The van der Waals surface area contributed by atoms with Crippen LogP contribution in [0.1, 0.15) is 260 Å². The van der Waals surface area contributed by atoms with Crippen LogP contribution in [-0.4, -0.2) is 397 Å². The fourth-order valence-corrected chi connectivity index (χ4v) is 17.8. The van der Waals surface area contributed by atoms with E-state index in [9.17, 15) is 136 Å². The number of carbonyl (C=O) groups excluding carboxylic acids is 5. The first kappa shape index (κ1) is 118. The summed E-state index contributed by atoms with van der Waals surface area (Å²) >= 11 is 0. The van der Waals surface area contributed by atoms with Crippen LogP contribution in [0, 0.1) is 0 Å². The van der Waals surface area contributed by atoms with E-state index in [2.05, 4.69) is 35.1 Å². The van der Waals surface area contributed by atoms with Gasteiger partial charge in [0, 0.05) is 47.0 Å². The third-order valence-electron chi connectivity index (χ3n) is 25.3. The second-order valence-electron chi connectivity index (χ2n) is 36.3. The third kappa shape index (κ3) is 35.8. The zero-order valence-corrected chi connectivity index (χ0v) is 78.2. The monoisotopic (exact) mass is 1940 g/mol. The standard InChI is InChI=1S/C90H158N4O40/c1-7-9-11-13-15-17-19-21-22-23-24-25-26-28-30-32-34-36-38-40-64(109)94-54(55(104)39-37-35-33-31-29-27-20-18-16-14-12-10-8-2)48-123-84-73(115)72(114)76(62(46-98)126-84)128-86-75(117)82(134-90(88(120)121)42-57(106)65(91-50(3)100)79(131-90)68(110)58(107)43-95)77(63(47-99)127-86)129-83-67(93-52(5)102)78(70(112)60(44-96)124-83)130-85-74(116)81(71(113)61(45-97)125-85)133-89(87(118)119)41-56(105)66(92-51(4)101)80(132-89)69(111)59(108)49-122-53(6)103/h37,39,54-63,65-86,95-99,104-108,110-117H,7-36,38,40-49H2,1-6H3,(H,91,100)(H,92,101)(H,93,102)(H,94,109)(H,118,119)(H,120,121)/b39-37+/t54-,55+,56?,57?,58+,59+,60?,61?,62?,63?,65+,66+,67?,68+,69+,70-,71-,72+,73?,74?,75?,76+,77-,78+,79?,80?,81-,82+,83-,84+,85-,86-,89-,90-/m0/s1. The van der Waals surface area contributed by atoms with Crippen molar-refractivity contribution in [2.75, 3.05) is 46.2 Å². The summed E-state index contributed by atoms with van der Waals surface area (Å²) in [6.07, 6.45) is -27.2. The van der Waals surface area contributed by atoms with Crippen molar-refractivity contribution in [3.8, 4) is 0 Å². The molecule has 44 nitrogen and oxygen atoms in total. The van der Waals surface area contributed by atoms with Crippen LogP contribution in [0.3, 0.4) is 0 Å². The molecule has 6 saturated heterocycles. The summed E-state index contributed by atoms with van der Waals surface area (Å²) in [4.78, 5) is 91.7. The number of unbranched alkanes of at least 4 members (excludes halogenated alkanes) is 29. The molecule has 6 heterocycles. The minimum atomic E-state index is -3.51. The number of carboxylic acids is 2. The molecule has 0 aromatic rings. The minimum absolute atomic E-state index is 0.0927. The van der Waals surface area contributed by atoms with Crippen LogP contribution in [0.25, 0.3) is 0 Å². The van der Waals surface area contributed by atoms with Crippen LogP contribution in [0.5, 0.6) is 0 Å². The molecule has 12 unspecified atom stereocenters. The van der Waals surface area contributed by atoms with Crippen LogP contribution < -0.4 is 21.3 Å². The number of aliphatic hydroxyl groups is 18. The maximum atomic E-state index is 14.1. The summed E-state index contributed by atoms with van der Waals surface area (Å²) in [6.45, 7) is 0.305. The largest absolute Gasteiger partial charge is 0.477 e. The molecule has 0 spiro atoms. The number of carbonyl (C=O) groups is 7. The zero-order chi connectivity index (χ0) is 98.9. The summed E-state index contributed by atoms with van der Waals surface area (Å²) in [5.41, 5.74) is 0. The Labute approximate surface area is 782 Å². The normalized spacial score (nSPS) is 33.9. The Hall–Kier alpha value is -5.17. The van der Waals surface area contributed by atoms with Crippen molar-refractivity contribution in [1.82, 2.24) is 21.3 Å². The Morgan fingerprint density at radius 2 is 0.776 bits per heavy atom. The van der Waals surface area contributed by atoms with Gasteiger partial charge in [0.15, 0.2) is 25.2 Å². The Balaban J connectivity index is 1.28. The van der Waals surface area contributed by atoms with Gasteiger partial charge in [0.25, 0.3) is 11.6 Å². The Bertz CT molecular complexity index is 3400. The number of amides is 4. The van der Waals surface area contributed by atoms with Crippen molar-refractivity contribution in [2.45, 2.75) is 467 Å². The molecule has 0 bridgehead atoms. The van der Waals surface area contributed by atoms with Gasteiger partial charge in [0.2, 0.25) is 23.6 Å². The van der Waals surface area contributed by atoms with E-state index >= 15 is 0 Å². The smallest absolute Gasteiger partial charge is 0.364 e. The summed E-state index contributed by atoms with van der Waals surface area (Å²) in [5, 5.41) is 239. The van der Waals surface area contributed by atoms with Crippen molar-refractivity contribution in [3.63, 3.8) is 0 Å². The molecular weight excluding hydrogens is 1780 g/mol. The van der Waals surface area contributed by atoms with Gasteiger partial charge in [-0.05, 0) is 19.3 Å². The van der Waals surface area contributed by atoms with E-state index in [1.807, 2.05) is 0 Å². The van der Waals surface area contributed by atoms with Gasteiger partial charge >= 0.3 is 17.9 Å². The van der Waals surface area contributed by atoms with Crippen LogP contribution >= 0.6 is 0 Å². The van der Waals surface area contributed by atoms with Gasteiger partial charge in [-0.25, -0.2) is 9.59 Å². The lowest BCUT2D eigenvalue weighted by molar-refractivity contribution is -0.405. The molecule has 0 saturated carbocycles. The molecular formula is C90H158N4O40. The number of rotatable bonds is 64. The lowest BCUT2D eigenvalue weighted by Crippen LogP contribution is -2.72. The quantitative estimate of drug-likeness (QED) is 0.0183. The molecule has 0 aliphatic carbocycles. The highest BCUT2D eigenvalue weighted by Gasteiger charge is 2.64. The summed E-state index contributed by atoms with van der Waals surface area (Å²) < 4.78 is 77.5. The van der Waals surface area contributed by atoms with Crippen molar-refractivity contribution in [3.05, 3.63) is 12.2 Å². The number of esters is 1. The molecule has 0 radical (unpaired) electrons. The van der Waals surface area contributed by atoms with Crippen LogP contribution in [0.15, 0.2) is 12.2 Å². The van der Waals surface area contributed by atoms with Crippen molar-refractivity contribution >= 4 is 41.5 Å². The van der Waals surface area contributed by atoms with E-state index in [0.29, 0.717) is 12.8 Å². The first-order valence-corrected chi connectivity index (χ1v) is 48.1. The number of nitrogens with one attached hydrogen (secondary N) is 4. The highest BCUT2D eigenvalue weighted by molar-refractivity contribution is 5.78. The van der Waals surface area contributed by atoms with Gasteiger partial charge in [-0.2, -0.15) is 0 Å². The number of aliphatic carboxylic acids is 2. The van der Waals surface area contributed by atoms with Crippen molar-refractivity contribution in [1.29, 1.82) is 0 Å². The maximum absolute atomic E-state index is 14.1. The van der Waals surface area contributed by atoms with Crippen molar-refractivity contribution in [2.24, 2.45) is 0 Å². The van der Waals surface area contributed by atoms with Crippen LogP contribution in [-0.2, 0) is 95.1 Å². The summed E-state index contributed by atoms with van der Waals surface area (Å²) in [7, 11) is 0. The second kappa shape index (κ2) is 60.8. The third-order valence-corrected chi connectivity index (χ3v) is 25.3. The lowest BCUT2D eigenvalue weighted by atomic mass is 9.88. The highest BCUT2D eigenvalue weighted by Crippen LogP contribution is 2.43. The Kier molecular flexibility index (Phi) is 53.4. The number of hydrogen-bond acceptors (Lipinski definition) is 38. The average molecular weight is 1940 g/mol. The molecule has 6 aliphatic heterocycles. The van der Waals surface area contributed by atoms with Gasteiger partial charge in [0.1, 0.15) is 141 Å². The van der Waals surface area contributed by atoms with Crippen LogP contribution in [0.2, 0.25) is 0 Å². The van der Waals surface area contributed by atoms with Gasteiger partial charge in [-0.15, -0.1) is 0 Å². The van der Waals surface area contributed by atoms with Crippen molar-refractivity contribution < 1.29 is 197 Å². The molecule has 134 heavy (non-hydrogen) atoms. The van der Waals surface area contributed by atoms with E-state index in [1.165, 1.54) is 128 Å². The molecule has 44 heteroatoms. The van der Waals surface area contributed by atoms with Gasteiger partial charge in [0.05, 0.1) is 76.1 Å². The van der Waals surface area contributed by atoms with Crippen LogP contribution in [0.4, 0.5) is 0 Å². The zero-order valence-electron chi connectivity index (χ0n) is 78.2. The predicted octanol–water partition coefficient (Wildman–Crippen LogP) is -1.74. The number of ether oxygens (including phenoxy) is 13. The Morgan fingerprint density at radius 3 is 1.21 bits per heavy atom. The Morgan fingerprint density at radius 1 is 0.403 bits per heavy atom. The number of hydrogen-bond donors (Lipinski definition) is 24. The molecule has 24 N–H and O–H groups in total. The van der Waals surface area contributed by atoms with E-state index in [1.54, 1.807) is 6.08 Å². The van der Waals surface area contributed by atoms with Gasteiger partial charge in [-0.1, -0.05) is 206 Å². The topological polar surface area (TPSA) is 692 Å². The molecule has 6 rings (SSSR count). The molecule has 34 atom stereocenters. The molecule has 0 aromatic heterocycles. The minimum Gasteiger partial charge on any atom is -0.477 e. The molecule has 4 amide bonds. The molecule has 6 aliphatic rings. The first-order chi connectivity index (χ1) is 63.9. The number of allylic oxidation sites excluding steroid dienone is 1. The van der Waals surface area contributed by atoms with E-state index < -0.39 is 308 Å². The fourth-order valence-electron chi connectivity index (χ4n) is 17.8. The fraction of sp³-hybridized carbons (Fsp3) is 0.900. The van der Waals surface area contributed by atoms with Gasteiger partial charge in [-0.3, -0.25) is 24.0 Å². The molecule has 0 aromatic carbocycles.